The lowest BCUT2D eigenvalue weighted by molar-refractivity contribution is -0.660. The average molecular weight is 436 g/mol. The predicted octanol–water partition coefficient (Wildman–Crippen LogP) is 7.72. The topological polar surface area (TPSA) is 17.0 Å². The third-order valence-electron chi connectivity index (χ3n) is 5.82. The molecular formula is C31H24NO+. The van der Waals surface area contributed by atoms with E-state index in [0.717, 1.165) is 27.6 Å². The number of hydrogen-bond acceptors (Lipinski definition) is 1. The molecule has 0 amide bonds. The predicted molar refractivity (Wildman–Crippen MR) is 136 cm³/mol. The van der Waals surface area contributed by atoms with E-state index in [9.17, 15) is 0 Å². The standard InChI is InChI=1S/C31H24NO/c1-21-11-17-27-26-18-16-25(24-14-12-23(13-15-24)22-8-4-3-5-9-22)20-29(26)33-31(27)30(21)28-10-6-7-19-32(28)2/h3-20H,1-2H3/q+1/i3D,4D,5D,8D,9D,12D,13D,14D,15D. The lowest BCUT2D eigenvalue weighted by atomic mass is 9.98. The van der Waals surface area contributed by atoms with Crippen LogP contribution in [0.25, 0.3) is 55.4 Å². The van der Waals surface area contributed by atoms with Crippen LogP contribution in [0.3, 0.4) is 0 Å². The molecule has 6 rings (SSSR count). The van der Waals surface area contributed by atoms with Crippen LogP contribution in [-0.2, 0) is 7.05 Å². The van der Waals surface area contributed by atoms with E-state index in [2.05, 4.69) is 0 Å². The first-order chi connectivity index (χ1) is 19.9. The maximum atomic E-state index is 8.79. The molecule has 0 N–H and O–H groups in total. The first kappa shape index (κ1) is 12.2. The molecule has 0 aliphatic rings. The van der Waals surface area contributed by atoms with Crippen molar-refractivity contribution in [1.82, 2.24) is 0 Å². The van der Waals surface area contributed by atoms with Gasteiger partial charge in [0, 0.05) is 22.9 Å². The Morgan fingerprint density at radius 1 is 0.727 bits per heavy atom. The van der Waals surface area contributed by atoms with Gasteiger partial charge in [-0.25, -0.2) is 4.57 Å². The van der Waals surface area contributed by atoms with Crippen molar-refractivity contribution >= 4 is 21.9 Å². The van der Waals surface area contributed by atoms with Crippen LogP contribution in [0.5, 0.6) is 0 Å². The maximum Gasteiger partial charge on any atom is 0.216 e. The molecule has 2 nitrogen and oxygen atoms in total. The van der Waals surface area contributed by atoms with Gasteiger partial charge in [0.05, 0.1) is 17.9 Å². The van der Waals surface area contributed by atoms with Crippen molar-refractivity contribution in [3.8, 4) is 33.5 Å². The van der Waals surface area contributed by atoms with Crippen molar-refractivity contribution in [3.63, 3.8) is 0 Å². The van der Waals surface area contributed by atoms with Crippen molar-refractivity contribution < 1.29 is 21.3 Å². The van der Waals surface area contributed by atoms with Crippen LogP contribution in [0.2, 0.25) is 0 Å². The number of fused-ring (bicyclic) bond motifs is 3. The van der Waals surface area contributed by atoms with Gasteiger partial charge >= 0.3 is 0 Å². The molecule has 0 aliphatic carbocycles. The largest absolute Gasteiger partial charge is 0.455 e. The van der Waals surface area contributed by atoms with Crippen LogP contribution in [0, 0.1) is 6.92 Å². The van der Waals surface area contributed by atoms with E-state index >= 15 is 0 Å². The molecule has 0 spiro atoms. The summed E-state index contributed by atoms with van der Waals surface area (Å²) in [6, 6.07) is 10.4. The number of furan rings is 1. The first-order valence-corrected chi connectivity index (χ1v) is 10.5. The second kappa shape index (κ2) is 7.75. The second-order valence-corrected chi connectivity index (χ2v) is 7.89. The molecule has 2 heteroatoms. The third kappa shape index (κ3) is 3.32. The highest BCUT2D eigenvalue weighted by atomic mass is 16.3. The molecule has 4 aromatic carbocycles. The quantitative estimate of drug-likeness (QED) is 0.260. The van der Waals surface area contributed by atoms with Gasteiger partial charge in [-0.2, -0.15) is 0 Å². The second-order valence-electron chi connectivity index (χ2n) is 7.89. The lowest BCUT2D eigenvalue weighted by Crippen LogP contribution is -2.30. The van der Waals surface area contributed by atoms with Gasteiger partial charge in [-0.3, -0.25) is 0 Å². The Labute approximate surface area is 206 Å². The Kier molecular flexibility index (Phi) is 2.86. The molecule has 33 heavy (non-hydrogen) atoms. The molecule has 0 radical (unpaired) electrons. The van der Waals surface area contributed by atoms with Crippen LogP contribution in [-0.4, -0.2) is 0 Å². The number of hydrogen-bond donors (Lipinski definition) is 0. The minimum Gasteiger partial charge on any atom is -0.455 e. The van der Waals surface area contributed by atoms with Crippen LogP contribution in [0.1, 0.15) is 17.9 Å². The summed E-state index contributed by atoms with van der Waals surface area (Å²) in [6.45, 7) is 2.02. The van der Waals surface area contributed by atoms with Gasteiger partial charge in [-0.15, -0.1) is 0 Å². The summed E-state index contributed by atoms with van der Waals surface area (Å²) >= 11 is 0. The van der Waals surface area contributed by atoms with E-state index in [1.54, 1.807) is 12.1 Å². The van der Waals surface area contributed by atoms with Gasteiger partial charge in [0.1, 0.15) is 18.2 Å². The van der Waals surface area contributed by atoms with Crippen LogP contribution in [0.4, 0.5) is 0 Å². The number of pyridine rings is 1. The Bertz CT molecular complexity index is 2060. The van der Waals surface area contributed by atoms with Crippen molar-refractivity contribution in [3.05, 3.63) is 115 Å². The fourth-order valence-electron chi connectivity index (χ4n) is 4.15. The van der Waals surface area contributed by atoms with Gasteiger partial charge in [0.15, 0.2) is 6.20 Å². The number of rotatable bonds is 3. The number of aryl methyl sites for hydroxylation is 2. The van der Waals surface area contributed by atoms with Gasteiger partial charge in [-0.1, -0.05) is 72.6 Å². The molecule has 0 saturated heterocycles. The van der Waals surface area contributed by atoms with Crippen molar-refractivity contribution in [2.24, 2.45) is 7.05 Å². The maximum absolute atomic E-state index is 8.79. The van der Waals surface area contributed by atoms with E-state index < -0.39 is 42.3 Å². The fourth-order valence-corrected chi connectivity index (χ4v) is 4.15. The van der Waals surface area contributed by atoms with Gasteiger partial charge < -0.3 is 4.42 Å². The Hall–Kier alpha value is -4.17. The van der Waals surface area contributed by atoms with Crippen molar-refractivity contribution in [1.29, 1.82) is 0 Å². The van der Waals surface area contributed by atoms with E-state index in [1.807, 2.05) is 61.1 Å². The highest BCUT2D eigenvalue weighted by Gasteiger charge is 2.20. The zero-order valence-electron chi connectivity index (χ0n) is 27.1. The normalized spacial score (nSPS) is 15.2. The van der Waals surface area contributed by atoms with Gasteiger partial charge in [-0.05, 0) is 52.9 Å². The average Bonchev–Trinajstić information content (AvgIpc) is 3.34. The molecule has 2 heterocycles. The molecule has 2 aromatic heterocycles. The molecule has 0 saturated carbocycles. The van der Waals surface area contributed by atoms with Gasteiger partial charge in [0.2, 0.25) is 5.69 Å². The number of nitrogens with zero attached hydrogens (tertiary/aromatic N) is 1. The summed E-state index contributed by atoms with van der Waals surface area (Å²) in [4.78, 5) is 0. The van der Waals surface area contributed by atoms with E-state index in [-0.39, 0.29) is 28.8 Å². The number of benzene rings is 4. The molecule has 158 valence electrons. The highest BCUT2D eigenvalue weighted by molar-refractivity contribution is 6.10. The monoisotopic (exact) mass is 435 g/mol. The fraction of sp³-hybridized carbons (Fsp3) is 0.0645. The molecule has 0 fully saturated rings. The zero-order valence-corrected chi connectivity index (χ0v) is 18.1. The zero-order chi connectivity index (χ0) is 30.2. The van der Waals surface area contributed by atoms with Crippen molar-refractivity contribution in [2.45, 2.75) is 6.92 Å². The van der Waals surface area contributed by atoms with Crippen LogP contribution < -0.4 is 4.57 Å². The molecular weight excluding hydrogens is 402 g/mol. The van der Waals surface area contributed by atoms with E-state index in [1.165, 1.54) is 0 Å². The molecule has 6 aromatic rings. The summed E-state index contributed by atoms with van der Waals surface area (Å²) < 4.78 is 83.9. The highest BCUT2D eigenvalue weighted by Crippen LogP contribution is 2.38. The van der Waals surface area contributed by atoms with Gasteiger partial charge in [0.25, 0.3) is 0 Å². The first-order valence-electron chi connectivity index (χ1n) is 15.0. The third-order valence-corrected chi connectivity index (χ3v) is 5.82. The van der Waals surface area contributed by atoms with E-state index in [0.29, 0.717) is 16.7 Å². The lowest BCUT2D eigenvalue weighted by Gasteiger charge is -2.05. The van der Waals surface area contributed by atoms with Crippen LogP contribution in [0.15, 0.2) is 114 Å². The molecule has 0 aliphatic heterocycles. The summed E-state index contributed by atoms with van der Waals surface area (Å²) in [5, 5.41) is 1.73. The van der Waals surface area contributed by atoms with E-state index in [4.69, 9.17) is 16.8 Å². The summed E-state index contributed by atoms with van der Waals surface area (Å²) in [5.74, 6) is 0. The molecule has 0 unspecified atom stereocenters. The Balaban J connectivity index is 1.58. The Morgan fingerprint density at radius 2 is 1.42 bits per heavy atom. The smallest absolute Gasteiger partial charge is 0.216 e. The van der Waals surface area contributed by atoms with Crippen molar-refractivity contribution in [2.75, 3.05) is 0 Å². The molecule has 0 atom stereocenters. The minimum atomic E-state index is -0.610. The summed E-state index contributed by atoms with van der Waals surface area (Å²) in [6.07, 6.45) is 1.96. The SMILES string of the molecule is [2H]c1c([2H])c([2H])c(-c2c([2H])c([2H])c(-c3ccc4c(c3)oc3c(-c5cccc[n+]5C)c(C)ccc34)c([2H])c2[2H])c([2H])c1[2H]. The Morgan fingerprint density at radius 3 is 2.18 bits per heavy atom. The molecule has 0 bridgehead atoms. The minimum absolute atomic E-state index is 0.0225. The van der Waals surface area contributed by atoms with Crippen LogP contribution >= 0.6 is 0 Å². The number of aromatic nitrogens is 1. The summed E-state index contributed by atoms with van der Waals surface area (Å²) in [7, 11) is 1.96. The summed E-state index contributed by atoms with van der Waals surface area (Å²) in [5.41, 5.74) is 3.87.